The van der Waals surface area contributed by atoms with Crippen molar-refractivity contribution in [2.24, 2.45) is 0 Å². The molecule has 0 aromatic heterocycles. The van der Waals surface area contributed by atoms with Gasteiger partial charge in [0.15, 0.2) is 0 Å². The Kier molecular flexibility index (Phi) is 15.3. The molecule has 2 N–H and O–H groups in total. The van der Waals surface area contributed by atoms with E-state index >= 15 is 0 Å². The minimum Gasteiger partial charge on any atom is -0.316 e. The van der Waals surface area contributed by atoms with E-state index in [1.165, 1.54) is 22.3 Å². The molecule has 0 radical (unpaired) electrons. The van der Waals surface area contributed by atoms with E-state index < -0.39 is 9.15 Å². The lowest BCUT2D eigenvalue weighted by molar-refractivity contribution is 0.325. The first kappa shape index (κ1) is 29.8. The number of aryl methyl sites for hydroxylation is 4. The Bertz CT molecular complexity index is 831. The molecule has 0 fully saturated rings. The van der Waals surface area contributed by atoms with Crippen LogP contribution in [-0.4, -0.2) is 47.0 Å². The molecule has 0 aliphatic heterocycles. The van der Waals surface area contributed by atoms with Crippen LogP contribution in [0.15, 0.2) is 48.5 Å². The largest absolute Gasteiger partial charge is 0.322 e. The molecule has 196 valence electrons. The van der Waals surface area contributed by atoms with Gasteiger partial charge in [-0.25, -0.2) is 0 Å². The fraction of sp³-hybridized carbons (Fsp3) is 0.571. The Balaban J connectivity index is 1.38. The minimum atomic E-state index is -3.52. The summed E-state index contributed by atoms with van der Waals surface area (Å²) in [6, 6.07) is 17.7. The van der Waals surface area contributed by atoms with Crippen molar-refractivity contribution in [3.8, 4) is 0 Å². The van der Waals surface area contributed by atoms with Gasteiger partial charge in [0.2, 0.25) is 0 Å². The van der Waals surface area contributed by atoms with Gasteiger partial charge in [0.05, 0.1) is 6.61 Å². The van der Waals surface area contributed by atoms with E-state index in [1.807, 2.05) is 0 Å². The molecule has 0 heterocycles. The Labute approximate surface area is 217 Å². The summed E-state index contributed by atoms with van der Waals surface area (Å²) in [4.78, 5) is 0. The van der Waals surface area contributed by atoms with Gasteiger partial charge in [-0.1, -0.05) is 62.4 Å². The highest BCUT2D eigenvalue weighted by molar-refractivity contribution is 8.70. The molecule has 0 aliphatic rings. The first-order valence-corrected chi connectivity index (χ1v) is 16.0. The number of hydrogen-bond donors (Lipinski definition) is 2. The maximum Gasteiger partial charge on any atom is 0.322 e. The van der Waals surface area contributed by atoms with E-state index in [0.717, 1.165) is 75.2 Å². The lowest BCUT2D eigenvalue weighted by Gasteiger charge is -2.08. The zero-order valence-electron chi connectivity index (χ0n) is 21.6. The summed E-state index contributed by atoms with van der Waals surface area (Å²) >= 11 is 0. The fourth-order valence-electron chi connectivity index (χ4n) is 3.76. The summed E-state index contributed by atoms with van der Waals surface area (Å²) in [5.41, 5.74) is 5.51. The zero-order valence-corrected chi connectivity index (χ0v) is 23.2. The molecule has 2 aromatic rings. The van der Waals surface area contributed by atoms with Crippen LogP contribution in [0, 0.1) is 0 Å². The van der Waals surface area contributed by atoms with Gasteiger partial charge in [-0.05, 0) is 97.5 Å². The van der Waals surface area contributed by atoms with E-state index in [9.17, 15) is 8.42 Å². The molecule has 0 bridgehead atoms. The average molecular weight is 521 g/mol. The molecule has 0 aliphatic carbocycles. The first-order valence-electron chi connectivity index (χ1n) is 13.1. The summed E-state index contributed by atoms with van der Waals surface area (Å²) in [6.45, 7) is 7.51. The predicted octanol–water partition coefficient (Wildman–Crippen LogP) is 5.33. The molecule has 0 atom stereocenters. The standard InChI is InChI=1S/C28H44N2O3S2/c1-3-25-11-15-27(16-12-25)9-5-7-19-29-21-23-33-35(31,32)34-24-22-30-20-8-6-10-28-17-13-26(4-2)14-18-28/h11-18,29-30H,3-10,19-24H2,1-2H3. The maximum absolute atomic E-state index is 12.0. The fourth-order valence-corrected chi connectivity index (χ4v) is 5.82. The zero-order chi connectivity index (χ0) is 25.2. The van der Waals surface area contributed by atoms with Crippen LogP contribution in [0.3, 0.4) is 0 Å². The molecular weight excluding hydrogens is 476 g/mol. The molecule has 0 saturated heterocycles. The molecule has 2 aromatic carbocycles. The second-order valence-corrected chi connectivity index (χ2v) is 12.4. The number of unbranched alkanes of at least 4 members (excludes halogenated alkanes) is 2. The lowest BCUT2D eigenvalue weighted by Crippen LogP contribution is -2.23. The van der Waals surface area contributed by atoms with Crippen LogP contribution < -0.4 is 10.6 Å². The quantitative estimate of drug-likeness (QED) is 0.182. The van der Waals surface area contributed by atoms with E-state index in [2.05, 4.69) is 73.0 Å². The van der Waals surface area contributed by atoms with Gasteiger partial charge in [-0.2, -0.15) is 8.42 Å². The van der Waals surface area contributed by atoms with Crippen molar-refractivity contribution in [2.45, 2.75) is 65.2 Å². The van der Waals surface area contributed by atoms with Gasteiger partial charge in [0, 0.05) is 18.8 Å². The van der Waals surface area contributed by atoms with Crippen LogP contribution in [-0.2, 0) is 39.0 Å². The van der Waals surface area contributed by atoms with Gasteiger partial charge in [0.25, 0.3) is 0 Å². The highest BCUT2D eigenvalue weighted by Gasteiger charge is 2.11. The third-order valence-electron chi connectivity index (χ3n) is 6.01. The number of hydrogen-bond acceptors (Lipinski definition) is 6. The van der Waals surface area contributed by atoms with Crippen molar-refractivity contribution in [1.29, 1.82) is 0 Å². The van der Waals surface area contributed by atoms with Gasteiger partial charge < -0.3 is 10.6 Å². The smallest absolute Gasteiger partial charge is 0.316 e. The summed E-state index contributed by atoms with van der Waals surface area (Å²) in [7, 11) is -2.65. The average Bonchev–Trinajstić information content (AvgIpc) is 2.87. The molecule has 0 amide bonds. The van der Waals surface area contributed by atoms with Gasteiger partial charge >= 0.3 is 9.15 Å². The normalized spacial score (nSPS) is 11.7. The second kappa shape index (κ2) is 18.0. The van der Waals surface area contributed by atoms with E-state index in [4.69, 9.17) is 4.18 Å². The second-order valence-electron chi connectivity index (χ2n) is 8.81. The molecule has 0 spiro atoms. The van der Waals surface area contributed by atoms with Crippen LogP contribution in [0.25, 0.3) is 0 Å². The Morgan fingerprint density at radius 2 is 1.11 bits per heavy atom. The van der Waals surface area contributed by atoms with Gasteiger partial charge in [0.1, 0.15) is 0 Å². The van der Waals surface area contributed by atoms with Crippen molar-refractivity contribution in [3.05, 3.63) is 70.8 Å². The highest BCUT2D eigenvalue weighted by Crippen LogP contribution is 2.13. The van der Waals surface area contributed by atoms with Crippen LogP contribution in [0.5, 0.6) is 0 Å². The van der Waals surface area contributed by atoms with E-state index in [1.54, 1.807) is 0 Å². The van der Waals surface area contributed by atoms with Crippen molar-refractivity contribution in [2.75, 3.05) is 38.5 Å². The highest BCUT2D eigenvalue weighted by atomic mass is 33.1. The van der Waals surface area contributed by atoms with Gasteiger partial charge in [-0.3, -0.25) is 4.18 Å². The van der Waals surface area contributed by atoms with Crippen LogP contribution >= 0.6 is 10.8 Å². The van der Waals surface area contributed by atoms with Crippen molar-refractivity contribution in [1.82, 2.24) is 10.6 Å². The van der Waals surface area contributed by atoms with Crippen molar-refractivity contribution in [3.63, 3.8) is 0 Å². The summed E-state index contributed by atoms with van der Waals surface area (Å²) < 4.78 is 29.1. The third kappa shape index (κ3) is 14.1. The monoisotopic (exact) mass is 520 g/mol. The number of rotatable bonds is 20. The van der Waals surface area contributed by atoms with Gasteiger partial charge in [-0.15, -0.1) is 0 Å². The molecule has 2 rings (SSSR count). The molecular formula is C28H44N2O3S2. The molecule has 7 heteroatoms. The van der Waals surface area contributed by atoms with Crippen molar-refractivity contribution >= 4 is 19.9 Å². The molecule has 0 unspecified atom stereocenters. The Morgan fingerprint density at radius 3 is 1.60 bits per heavy atom. The van der Waals surface area contributed by atoms with E-state index in [0.29, 0.717) is 18.8 Å². The van der Waals surface area contributed by atoms with Crippen LogP contribution in [0.4, 0.5) is 0 Å². The van der Waals surface area contributed by atoms with Crippen LogP contribution in [0.1, 0.15) is 61.8 Å². The summed E-state index contributed by atoms with van der Waals surface area (Å²) in [6.07, 6.45) is 8.71. The third-order valence-corrected chi connectivity index (χ3v) is 8.78. The topological polar surface area (TPSA) is 67.4 Å². The first-order chi connectivity index (χ1) is 17.0. The van der Waals surface area contributed by atoms with E-state index in [-0.39, 0.29) is 6.61 Å². The molecule has 0 saturated carbocycles. The van der Waals surface area contributed by atoms with Crippen molar-refractivity contribution < 1.29 is 12.6 Å². The Morgan fingerprint density at radius 1 is 0.657 bits per heavy atom. The number of nitrogens with one attached hydrogen (secondary N) is 2. The Hall–Kier alpha value is -1.38. The summed E-state index contributed by atoms with van der Waals surface area (Å²) in [5, 5.41) is 6.59. The molecule has 5 nitrogen and oxygen atoms in total. The maximum atomic E-state index is 12.0. The SMILES string of the molecule is CCc1ccc(CCCCNCCOS(=O)(=O)SCCNCCCCc2ccc(CC)cc2)cc1. The minimum absolute atomic E-state index is 0.181. The summed E-state index contributed by atoms with van der Waals surface area (Å²) in [5.74, 6) is 0.494. The molecule has 35 heavy (non-hydrogen) atoms. The van der Waals surface area contributed by atoms with Crippen LogP contribution in [0.2, 0.25) is 0 Å². The lowest BCUT2D eigenvalue weighted by atomic mass is 10.1. The predicted molar refractivity (Wildman–Crippen MR) is 151 cm³/mol. The number of benzene rings is 2.